The quantitative estimate of drug-likeness (QED) is 0.662. The molecule has 0 aliphatic heterocycles. The van der Waals surface area contributed by atoms with E-state index in [1.807, 2.05) is 42.5 Å². The minimum Gasteiger partial charge on any atom is -0.268 e. The molecule has 0 atom stereocenters. The predicted molar refractivity (Wildman–Crippen MR) is 72.8 cm³/mol. The molecule has 0 fully saturated rings. The van der Waals surface area contributed by atoms with E-state index in [0.717, 1.165) is 10.9 Å². The van der Waals surface area contributed by atoms with Gasteiger partial charge in [0.15, 0.2) is 0 Å². The van der Waals surface area contributed by atoms with Gasteiger partial charge in [-0.05, 0) is 24.3 Å². The zero-order chi connectivity index (χ0) is 13.2. The first-order valence-electron chi connectivity index (χ1n) is 5.91. The molecule has 0 N–H and O–H groups in total. The first kappa shape index (κ1) is 11.2. The molecular weight excluding hydrogens is 236 g/mol. The molecule has 0 unspecified atom stereocenters. The maximum Gasteiger partial charge on any atom is 0.263 e. The van der Waals surface area contributed by atoms with Crippen molar-refractivity contribution >= 4 is 16.8 Å². The smallest absolute Gasteiger partial charge is 0.263 e. The second-order valence-electron chi connectivity index (χ2n) is 4.21. The van der Waals surface area contributed by atoms with Crippen LogP contribution in [0.3, 0.4) is 0 Å². The van der Waals surface area contributed by atoms with Crippen molar-refractivity contribution in [2.24, 2.45) is 0 Å². The molecule has 1 heterocycles. The van der Waals surface area contributed by atoms with E-state index < -0.39 is 0 Å². The lowest BCUT2D eigenvalue weighted by Gasteiger charge is -2.05. The molecule has 0 spiro atoms. The molecule has 0 radical (unpaired) electrons. The fourth-order valence-electron chi connectivity index (χ4n) is 2.17. The lowest BCUT2D eigenvalue weighted by molar-refractivity contribution is 0.0964. The van der Waals surface area contributed by atoms with Crippen LogP contribution in [0.2, 0.25) is 0 Å². The van der Waals surface area contributed by atoms with E-state index in [9.17, 15) is 10.1 Å². The summed E-state index contributed by atoms with van der Waals surface area (Å²) in [7, 11) is 0. The van der Waals surface area contributed by atoms with Crippen LogP contribution in [0.25, 0.3) is 10.9 Å². The molecule has 3 nitrogen and oxygen atoms in total. The monoisotopic (exact) mass is 246 g/mol. The molecule has 3 rings (SSSR count). The zero-order valence-electron chi connectivity index (χ0n) is 10.1. The van der Waals surface area contributed by atoms with Gasteiger partial charge < -0.3 is 0 Å². The topological polar surface area (TPSA) is 45.8 Å². The highest BCUT2D eigenvalue weighted by molar-refractivity contribution is 6.03. The predicted octanol–water partition coefficient (Wildman–Crippen LogP) is 3.20. The first-order chi connectivity index (χ1) is 9.31. The third-order valence-corrected chi connectivity index (χ3v) is 3.05. The van der Waals surface area contributed by atoms with Gasteiger partial charge in [-0.15, -0.1) is 0 Å². The third-order valence-electron chi connectivity index (χ3n) is 3.05. The number of benzene rings is 2. The van der Waals surface area contributed by atoms with E-state index in [0.29, 0.717) is 11.3 Å². The number of nitriles is 1. The molecule has 0 bridgehead atoms. The minimum atomic E-state index is -0.182. The standard InChI is InChI=1S/C16H10N2O/c17-11-14-10-13-8-4-5-9-15(13)18(14)16(19)12-6-2-1-3-7-12/h1-10H. The number of fused-ring (bicyclic) bond motifs is 1. The molecule has 3 aromatic rings. The second-order valence-corrected chi connectivity index (χ2v) is 4.21. The number of hydrogen-bond donors (Lipinski definition) is 0. The van der Waals surface area contributed by atoms with Crippen molar-refractivity contribution in [1.29, 1.82) is 5.26 Å². The van der Waals surface area contributed by atoms with E-state index in [2.05, 4.69) is 6.07 Å². The molecule has 0 aliphatic rings. The average molecular weight is 246 g/mol. The number of para-hydroxylation sites is 1. The Morgan fingerprint density at radius 2 is 1.68 bits per heavy atom. The second kappa shape index (κ2) is 4.43. The Labute approximate surface area is 110 Å². The van der Waals surface area contributed by atoms with Crippen LogP contribution >= 0.6 is 0 Å². The van der Waals surface area contributed by atoms with Crippen molar-refractivity contribution < 1.29 is 4.79 Å². The van der Waals surface area contributed by atoms with E-state index in [-0.39, 0.29) is 5.91 Å². The largest absolute Gasteiger partial charge is 0.268 e. The van der Waals surface area contributed by atoms with E-state index in [1.165, 1.54) is 4.57 Å². The van der Waals surface area contributed by atoms with Crippen molar-refractivity contribution in [1.82, 2.24) is 4.57 Å². The van der Waals surface area contributed by atoms with Gasteiger partial charge in [0.2, 0.25) is 0 Å². The van der Waals surface area contributed by atoms with Gasteiger partial charge in [-0.3, -0.25) is 9.36 Å². The van der Waals surface area contributed by atoms with Gasteiger partial charge in [0.25, 0.3) is 5.91 Å². The molecule has 3 heteroatoms. The number of rotatable bonds is 1. The van der Waals surface area contributed by atoms with E-state index >= 15 is 0 Å². The van der Waals surface area contributed by atoms with Crippen LogP contribution in [0.4, 0.5) is 0 Å². The van der Waals surface area contributed by atoms with Crippen LogP contribution < -0.4 is 0 Å². The number of aromatic nitrogens is 1. The average Bonchev–Trinajstić information content (AvgIpc) is 2.86. The number of hydrogen-bond acceptors (Lipinski definition) is 2. The first-order valence-corrected chi connectivity index (χ1v) is 5.91. The summed E-state index contributed by atoms with van der Waals surface area (Å²) in [4.78, 5) is 12.5. The van der Waals surface area contributed by atoms with Gasteiger partial charge in [0.1, 0.15) is 11.8 Å². The van der Waals surface area contributed by atoms with Crippen molar-refractivity contribution in [2.45, 2.75) is 0 Å². The van der Waals surface area contributed by atoms with Crippen molar-refractivity contribution in [3.8, 4) is 6.07 Å². The van der Waals surface area contributed by atoms with Gasteiger partial charge in [-0.1, -0.05) is 36.4 Å². The Morgan fingerprint density at radius 3 is 2.42 bits per heavy atom. The van der Waals surface area contributed by atoms with Crippen LogP contribution in [0.1, 0.15) is 16.1 Å². The summed E-state index contributed by atoms with van der Waals surface area (Å²) in [5.41, 5.74) is 1.68. The zero-order valence-corrected chi connectivity index (χ0v) is 10.1. The molecule has 2 aromatic carbocycles. The maximum absolute atomic E-state index is 12.5. The Bertz CT molecular complexity index is 794. The van der Waals surface area contributed by atoms with Gasteiger partial charge in [-0.2, -0.15) is 5.26 Å². The van der Waals surface area contributed by atoms with Gasteiger partial charge >= 0.3 is 0 Å². The summed E-state index contributed by atoms with van der Waals surface area (Å²) in [6.45, 7) is 0. The number of nitrogens with zero attached hydrogens (tertiary/aromatic N) is 2. The number of carbonyl (C=O) groups excluding carboxylic acids is 1. The van der Waals surface area contributed by atoms with E-state index in [1.54, 1.807) is 18.2 Å². The molecule has 0 aliphatic carbocycles. The molecule has 0 saturated carbocycles. The summed E-state index contributed by atoms with van der Waals surface area (Å²) in [5.74, 6) is -0.182. The van der Waals surface area contributed by atoms with E-state index in [4.69, 9.17) is 0 Å². The fourth-order valence-corrected chi connectivity index (χ4v) is 2.17. The molecule has 1 aromatic heterocycles. The Morgan fingerprint density at radius 1 is 1.00 bits per heavy atom. The maximum atomic E-state index is 12.5. The minimum absolute atomic E-state index is 0.182. The highest BCUT2D eigenvalue weighted by atomic mass is 16.2. The van der Waals surface area contributed by atoms with Crippen LogP contribution in [0, 0.1) is 11.3 Å². The van der Waals surface area contributed by atoms with Crippen molar-refractivity contribution in [2.75, 3.05) is 0 Å². The Kier molecular flexibility index (Phi) is 2.62. The summed E-state index contributed by atoms with van der Waals surface area (Å²) in [6, 6.07) is 20.3. The summed E-state index contributed by atoms with van der Waals surface area (Å²) in [6.07, 6.45) is 0. The number of carbonyl (C=O) groups is 1. The summed E-state index contributed by atoms with van der Waals surface area (Å²) in [5, 5.41) is 10.1. The van der Waals surface area contributed by atoms with Gasteiger partial charge in [0, 0.05) is 10.9 Å². The molecule has 19 heavy (non-hydrogen) atoms. The van der Waals surface area contributed by atoms with Gasteiger partial charge in [0.05, 0.1) is 5.52 Å². The van der Waals surface area contributed by atoms with Gasteiger partial charge in [-0.25, -0.2) is 0 Å². The Balaban J connectivity index is 2.25. The van der Waals surface area contributed by atoms with Crippen LogP contribution in [-0.4, -0.2) is 10.5 Å². The highest BCUT2D eigenvalue weighted by Crippen LogP contribution is 2.20. The summed E-state index contributed by atoms with van der Waals surface area (Å²) < 4.78 is 1.46. The molecule has 0 amide bonds. The van der Waals surface area contributed by atoms with Crippen LogP contribution in [-0.2, 0) is 0 Å². The normalized spacial score (nSPS) is 10.3. The molecule has 0 saturated heterocycles. The van der Waals surface area contributed by atoms with Crippen molar-refractivity contribution in [3.05, 3.63) is 71.9 Å². The third kappa shape index (κ3) is 1.80. The lowest BCUT2D eigenvalue weighted by Crippen LogP contribution is -2.13. The molecule has 90 valence electrons. The molecular formula is C16H10N2O. The van der Waals surface area contributed by atoms with Crippen LogP contribution in [0.15, 0.2) is 60.7 Å². The SMILES string of the molecule is N#Cc1cc2ccccc2n1C(=O)c1ccccc1. The Hall–Kier alpha value is -2.86. The fraction of sp³-hybridized carbons (Fsp3) is 0. The lowest BCUT2D eigenvalue weighted by atomic mass is 10.2. The van der Waals surface area contributed by atoms with Crippen molar-refractivity contribution in [3.63, 3.8) is 0 Å². The van der Waals surface area contributed by atoms with Crippen LogP contribution in [0.5, 0.6) is 0 Å². The summed E-state index contributed by atoms with van der Waals surface area (Å²) >= 11 is 0. The highest BCUT2D eigenvalue weighted by Gasteiger charge is 2.15.